The SMILES string of the molecule is CCNS(=O)(=O)c1ccc(CCNS(=O)(=O)N(C)C)cc1. The van der Waals surface area contributed by atoms with Crippen molar-refractivity contribution in [3.8, 4) is 0 Å². The van der Waals surface area contributed by atoms with Crippen LogP contribution >= 0.6 is 0 Å². The molecule has 0 aliphatic heterocycles. The molecule has 0 saturated carbocycles. The van der Waals surface area contributed by atoms with E-state index in [2.05, 4.69) is 9.44 Å². The van der Waals surface area contributed by atoms with Crippen LogP contribution < -0.4 is 9.44 Å². The number of benzene rings is 1. The summed E-state index contributed by atoms with van der Waals surface area (Å²) in [5.41, 5.74) is 0.854. The maximum Gasteiger partial charge on any atom is 0.278 e. The van der Waals surface area contributed by atoms with E-state index in [0.717, 1.165) is 9.87 Å². The van der Waals surface area contributed by atoms with Crippen molar-refractivity contribution in [1.29, 1.82) is 0 Å². The van der Waals surface area contributed by atoms with Crippen LogP contribution in [0.4, 0.5) is 0 Å². The lowest BCUT2D eigenvalue weighted by Crippen LogP contribution is -2.36. The minimum atomic E-state index is -3.45. The number of hydrogen-bond donors (Lipinski definition) is 2. The molecule has 0 amide bonds. The predicted molar refractivity (Wildman–Crippen MR) is 81.6 cm³/mol. The van der Waals surface area contributed by atoms with Gasteiger partial charge in [0, 0.05) is 27.2 Å². The molecule has 120 valence electrons. The monoisotopic (exact) mass is 335 g/mol. The molecule has 21 heavy (non-hydrogen) atoms. The minimum absolute atomic E-state index is 0.196. The Balaban J connectivity index is 2.64. The predicted octanol–water partition coefficient (Wildman–Crippen LogP) is -0.0767. The van der Waals surface area contributed by atoms with Gasteiger partial charge in [-0.3, -0.25) is 0 Å². The number of rotatable bonds is 8. The van der Waals surface area contributed by atoms with Crippen LogP contribution in [-0.4, -0.2) is 48.3 Å². The van der Waals surface area contributed by atoms with Crippen LogP contribution in [0, 0.1) is 0 Å². The summed E-state index contributed by atoms with van der Waals surface area (Å²) < 4.78 is 52.5. The first-order chi connectivity index (χ1) is 9.69. The molecule has 0 radical (unpaired) electrons. The topological polar surface area (TPSA) is 95.6 Å². The van der Waals surface area contributed by atoms with Crippen molar-refractivity contribution in [3.05, 3.63) is 29.8 Å². The van der Waals surface area contributed by atoms with Crippen molar-refractivity contribution in [2.45, 2.75) is 18.2 Å². The zero-order valence-electron chi connectivity index (χ0n) is 12.3. The molecule has 0 bridgehead atoms. The van der Waals surface area contributed by atoms with Gasteiger partial charge in [-0.25, -0.2) is 17.9 Å². The second kappa shape index (κ2) is 7.32. The third-order valence-corrected chi connectivity index (χ3v) is 5.84. The van der Waals surface area contributed by atoms with Gasteiger partial charge in [-0.05, 0) is 24.1 Å². The van der Waals surface area contributed by atoms with E-state index in [-0.39, 0.29) is 11.4 Å². The second-order valence-electron chi connectivity index (χ2n) is 4.58. The van der Waals surface area contributed by atoms with Crippen LogP contribution in [0.25, 0.3) is 0 Å². The molecule has 0 aliphatic carbocycles. The van der Waals surface area contributed by atoms with Gasteiger partial charge in [0.25, 0.3) is 10.2 Å². The van der Waals surface area contributed by atoms with Crippen molar-refractivity contribution in [2.24, 2.45) is 0 Å². The average Bonchev–Trinajstić information content (AvgIpc) is 2.39. The van der Waals surface area contributed by atoms with Crippen LogP contribution in [0.3, 0.4) is 0 Å². The number of nitrogens with zero attached hydrogens (tertiary/aromatic N) is 1. The molecule has 0 unspecified atom stereocenters. The average molecular weight is 335 g/mol. The summed E-state index contributed by atoms with van der Waals surface area (Å²) in [6, 6.07) is 6.36. The first kappa shape index (κ1) is 18.1. The molecule has 0 atom stereocenters. The summed E-state index contributed by atoms with van der Waals surface area (Å²) in [4.78, 5) is 0.196. The quantitative estimate of drug-likeness (QED) is 0.695. The van der Waals surface area contributed by atoms with Crippen LogP contribution in [0.5, 0.6) is 0 Å². The molecule has 2 N–H and O–H groups in total. The molecule has 1 rings (SSSR count). The Morgan fingerprint density at radius 2 is 1.57 bits per heavy atom. The number of sulfonamides is 1. The highest BCUT2D eigenvalue weighted by molar-refractivity contribution is 7.89. The zero-order chi connectivity index (χ0) is 16.1. The lowest BCUT2D eigenvalue weighted by molar-refractivity contribution is 0.506. The standard InChI is InChI=1S/C12H21N3O4S2/c1-4-13-20(16,17)12-7-5-11(6-8-12)9-10-14-21(18,19)15(2)3/h5-8,13-14H,4,9-10H2,1-3H3. The minimum Gasteiger partial charge on any atom is -0.211 e. The Bertz CT molecular complexity index is 652. The highest BCUT2D eigenvalue weighted by Crippen LogP contribution is 2.10. The Labute approximate surface area is 126 Å². The summed E-state index contributed by atoms with van der Waals surface area (Å²) >= 11 is 0. The smallest absolute Gasteiger partial charge is 0.211 e. The summed E-state index contributed by atoms with van der Waals surface area (Å²) in [5.74, 6) is 0. The molecule has 0 saturated heterocycles. The fourth-order valence-electron chi connectivity index (χ4n) is 1.56. The van der Waals surface area contributed by atoms with E-state index >= 15 is 0 Å². The summed E-state index contributed by atoms with van der Waals surface area (Å²) in [6.07, 6.45) is 0.481. The zero-order valence-corrected chi connectivity index (χ0v) is 14.0. The molecule has 0 aliphatic rings. The Morgan fingerprint density at radius 1 is 1.00 bits per heavy atom. The molecule has 9 heteroatoms. The molecule has 0 fully saturated rings. The van der Waals surface area contributed by atoms with Gasteiger partial charge in [0.1, 0.15) is 0 Å². The summed E-state index contributed by atoms with van der Waals surface area (Å²) in [6.45, 7) is 2.29. The van der Waals surface area contributed by atoms with Crippen LogP contribution in [-0.2, 0) is 26.7 Å². The van der Waals surface area contributed by atoms with Gasteiger partial charge in [0.05, 0.1) is 4.90 Å². The van der Waals surface area contributed by atoms with Crippen LogP contribution in [0.2, 0.25) is 0 Å². The molecule has 7 nitrogen and oxygen atoms in total. The van der Waals surface area contributed by atoms with Crippen LogP contribution in [0.15, 0.2) is 29.2 Å². The highest BCUT2D eigenvalue weighted by atomic mass is 32.2. The van der Waals surface area contributed by atoms with E-state index in [1.165, 1.54) is 26.2 Å². The first-order valence-corrected chi connectivity index (χ1v) is 9.37. The van der Waals surface area contributed by atoms with E-state index in [0.29, 0.717) is 13.0 Å². The van der Waals surface area contributed by atoms with Gasteiger partial charge < -0.3 is 0 Å². The molecule has 1 aromatic rings. The maximum atomic E-state index is 11.8. The third kappa shape index (κ3) is 5.36. The molecular formula is C12H21N3O4S2. The van der Waals surface area contributed by atoms with E-state index in [9.17, 15) is 16.8 Å². The molecule has 1 aromatic carbocycles. The first-order valence-electron chi connectivity index (χ1n) is 6.45. The van der Waals surface area contributed by atoms with Crippen molar-refractivity contribution in [1.82, 2.24) is 13.7 Å². The largest absolute Gasteiger partial charge is 0.278 e. The van der Waals surface area contributed by atoms with Crippen molar-refractivity contribution in [3.63, 3.8) is 0 Å². The van der Waals surface area contributed by atoms with Gasteiger partial charge in [-0.1, -0.05) is 19.1 Å². The van der Waals surface area contributed by atoms with Crippen molar-refractivity contribution in [2.75, 3.05) is 27.2 Å². The molecular weight excluding hydrogens is 314 g/mol. The normalized spacial score (nSPS) is 12.8. The van der Waals surface area contributed by atoms with E-state index in [4.69, 9.17) is 0 Å². The number of hydrogen-bond acceptors (Lipinski definition) is 4. The molecule has 0 aromatic heterocycles. The molecule has 0 heterocycles. The van der Waals surface area contributed by atoms with E-state index in [1.807, 2.05) is 0 Å². The van der Waals surface area contributed by atoms with Gasteiger partial charge >= 0.3 is 0 Å². The van der Waals surface area contributed by atoms with E-state index < -0.39 is 20.2 Å². The fourth-order valence-corrected chi connectivity index (χ4v) is 3.22. The van der Waals surface area contributed by atoms with Gasteiger partial charge in [-0.15, -0.1) is 0 Å². The van der Waals surface area contributed by atoms with Gasteiger partial charge in [-0.2, -0.15) is 12.7 Å². The highest BCUT2D eigenvalue weighted by Gasteiger charge is 2.13. The summed E-state index contributed by atoms with van der Waals surface area (Å²) in [7, 11) is -3.99. The Morgan fingerprint density at radius 3 is 2.05 bits per heavy atom. The number of nitrogens with one attached hydrogen (secondary N) is 2. The van der Waals surface area contributed by atoms with E-state index in [1.54, 1.807) is 19.1 Å². The summed E-state index contributed by atoms with van der Waals surface area (Å²) in [5, 5.41) is 0. The lowest BCUT2D eigenvalue weighted by atomic mass is 10.2. The van der Waals surface area contributed by atoms with Gasteiger partial charge in [0.2, 0.25) is 10.0 Å². The van der Waals surface area contributed by atoms with Crippen LogP contribution in [0.1, 0.15) is 12.5 Å². The fraction of sp³-hybridized carbons (Fsp3) is 0.500. The van der Waals surface area contributed by atoms with Crippen molar-refractivity contribution >= 4 is 20.2 Å². The lowest BCUT2D eigenvalue weighted by Gasteiger charge is -2.12. The maximum absolute atomic E-state index is 11.8. The second-order valence-corrected chi connectivity index (χ2v) is 8.31. The third-order valence-electron chi connectivity index (χ3n) is 2.75. The van der Waals surface area contributed by atoms with Crippen molar-refractivity contribution < 1.29 is 16.8 Å². The van der Waals surface area contributed by atoms with Gasteiger partial charge in [0.15, 0.2) is 0 Å². The molecule has 0 spiro atoms. The Kier molecular flexibility index (Phi) is 6.29. The Hall–Kier alpha value is -1.00.